The molecule has 1 saturated carbocycles. The van der Waals surface area contributed by atoms with Crippen molar-refractivity contribution in [1.29, 1.82) is 0 Å². The molecule has 0 aliphatic heterocycles. The van der Waals surface area contributed by atoms with Crippen molar-refractivity contribution in [2.75, 3.05) is 6.61 Å². The number of carboxylic acid groups (broad SMARTS) is 1. The van der Waals surface area contributed by atoms with Gasteiger partial charge in [0.25, 0.3) is 0 Å². The van der Waals surface area contributed by atoms with E-state index in [-0.39, 0.29) is 12.5 Å². The maximum Gasteiger partial charge on any atom is 0.407 e. The molecule has 0 aromatic heterocycles. The highest BCUT2D eigenvalue weighted by atomic mass is 16.5. The highest BCUT2D eigenvalue weighted by molar-refractivity contribution is 5.81. The number of ether oxygens (including phenoxy) is 1. The quantitative estimate of drug-likeness (QED) is 0.830. The maximum atomic E-state index is 12.1. The molecule has 0 heterocycles. The molecule has 26 heavy (non-hydrogen) atoms. The number of hydrogen-bond acceptors (Lipinski definition) is 3. The minimum absolute atomic E-state index is 0.0279. The molecule has 2 aliphatic rings. The molecule has 5 heteroatoms. The molecule has 2 aromatic rings. The van der Waals surface area contributed by atoms with Crippen molar-refractivity contribution < 1.29 is 19.4 Å². The van der Waals surface area contributed by atoms with Gasteiger partial charge in [-0.1, -0.05) is 61.4 Å². The van der Waals surface area contributed by atoms with Crippen LogP contribution in [0.15, 0.2) is 48.5 Å². The Labute approximate surface area is 152 Å². The fraction of sp³-hybridized carbons (Fsp3) is 0.333. The standard InChI is InChI=1S/C21H21NO4/c23-20(24)19(11-13-9-10-13)22-21(25)26-12-18-16-7-3-1-5-14(16)15-6-2-4-8-17(15)18/h1-8,13,18-19H,9-12H2,(H,22,25)(H,23,24)/t19-/m1/s1. The van der Waals surface area contributed by atoms with Gasteiger partial charge in [0.05, 0.1) is 0 Å². The van der Waals surface area contributed by atoms with Crippen LogP contribution in [0, 0.1) is 5.92 Å². The Kier molecular flexibility index (Phi) is 4.37. The maximum absolute atomic E-state index is 12.1. The minimum Gasteiger partial charge on any atom is -0.480 e. The third kappa shape index (κ3) is 3.29. The fourth-order valence-electron chi connectivity index (χ4n) is 3.69. The van der Waals surface area contributed by atoms with Crippen molar-refractivity contribution in [2.24, 2.45) is 5.92 Å². The van der Waals surface area contributed by atoms with Crippen molar-refractivity contribution in [3.63, 3.8) is 0 Å². The van der Waals surface area contributed by atoms with Gasteiger partial charge >= 0.3 is 12.1 Å². The van der Waals surface area contributed by atoms with Crippen LogP contribution < -0.4 is 5.32 Å². The Hall–Kier alpha value is -2.82. The normalized spacial score (nSPS) is 16.5. The molecule has 0 saturated heterocycles. The van der Waals surface area contributed by atoms with E-state index in [0.29, 0.717) is 12.3 Å². The molecule has 2 N–H and O–H groups in total. The molecule has 2 aliphatic carbocycles. The molecular weight excluding hydrogens is 330 g/mol. The third-order valence-electron chi connectivity index (χ3n) is 5.20. The zero-order valence-electron chi connectivity index (χ0n) is 14.4. The second kappa shape index (κ2) is 6.83. The van der Waals surface area contributed by atoms with Gasteiger partial charge in [0.1, 0.15) is 12.6 Å². The number of aliphatic carboxylic acids is 1. The van der Waals surface area contributed by atoms with Gasteiger partial charge in [0, 0.05) is 5.92 Å². The highest BCUT2D eigenvalue weighted by Gasteiger charge is 2.32. The van der Waals surface area contributed by atoms with E-state index in [4.69, 9.17) is 4.74 Å². The second-order valence-electron chi connectivity index (χ2n) is 7.04. The van der Waals surface area contributed by atoms with E-state index in [9.17, 15) is 14.7 Å². The molecule has 0 spiro atoms. The van der Waals surface area contributed by atoms with Crippen LogP contribution in [0.5, 0.6) is 0 Å². The predicted octanol–water partition coefficient (Wildman–Crippen LogP) is 3.78. The van der Waals surface area contributed by atoms with Gasteiger partial charge in [-0.05, 0) is 34.6 Å². The molecule has 134 valence electrons. The molecule has 1 atom stereocenters. The summed E-state index contributed by atoms with van der Waals surface area (Å²) in [6, 6.07) is 15.3. The van der Waals surface area contributed by atoms with E-state index in [2.05, 4.69) is 29.6 Å². The Balaban J connectivity index is 1.44. The lowest BCUT2D eigenvalue weighted by Gasteiger charge is -2.17. The summed E-state index contributed by atoms with van der Waals surface area (Å²) in [5.74, 6) is -0.629. The van der Waals surface area contributed by atoms with Crippen LogP contribution in [0.4, 0.5) is 4.79 Å². The minimum atomic E-state index is -1.01. The van der Waals surface area contributed by atoms with Gasteiger partial charge in [-0.25, -0.2) is 9.59 Å². The molecule has 0 bridgehead atoms. The van der Waals surface area contributed by atoms with E-state index in [1.54, 1.807) is 0 Å². The number of carbonyl (C=O) groups is 2. The van der Waals surface area contributed by atoms with Crippen LogP contribution in [0.25, 0.3) is 11.1 Å². The van der Waals surface area contributed by atoms with E-state index in [1.807, 2.05) is 24.3 Å². The number of nitrogens with one attached hydrogen (secondary N) is 1. The number of rotatable bonds is 6. The van der Waals surface area contributed by atoms with Gasteiger partial charge in [-0.15, -0.1) is 0 Å². The van der Waals surface area contributed by atoms with Crippen LogP contribution in [0.2, 0.25) is 0 Å². The van der Waals surface area contributed by atoms with Crippen LogP contribution in [0.3, 0.4) is 0 Å². The van der Waals surface area contributed by atoms with Gasteiger partial charge < -0.3 is 15.2 Å². The number of alkyl carbamates (subject to hydrolysis) is 1. The Morgan fingerprint density at radius 3 is 2.15 bits per heavy atom. The summed E-state index contributed by atoms with van der Waals surface area (Å²) in [6.45, 7) is 0.190. The molecule has 4 rings (SSSR count). The average molecular weight is 351 g/mol. The average Bonchev–Trinajstić information content (AvgIpc) is 3.40. The lowest BCUT2D eigenvalue weighted by molar-refractivity contribution is -0.139. The van der Waals surface area contributed by atoms with E-state index in [1.165, 1.54) is 0 Å². The number of fused-ring (bicyclic) bond motifs is 3. The zero-order valence-corrected chi connectivity index (χ0v) is 14.4. The van der Waals surface area contributed by atoms with E-state index in [0.717, 1.165) is 35.1 Å². The molecule has 1 amide bonds. The molecule has 0 unspecified atom stereocenters. The summed E-state index contributed by atoms with van der Waals surface area (Å²) in [6.07, 6.45) is 1.88. The number of carboxylic acids is 1. The second-order valence-corrected chi connectivity index (χ2v) is 7.04. The Bertz CT molecular complexity index is 798. The van der Waals surface area contributed by atoms with E-state index < -0.39 is 18.1 Å². The van der Waals surface area contributed by atoms with Crippen LogP contribution in [-0.2, 0) is 9.53 Å². The van der Waals surface area contributed by atoms with Crippen LogP contribution >= 0.6 is 0 Å². The molecule has 1 fully saturated rings. The van der Waals surface area contributed by atoms with Crippen LogP contribution in [-0.4, -0.2) is 29.8 Å². The largest absolute Gasteiger partial charge is 0.480 e. The lowest BCUT2D eigenvalue weighted by Crippen LogP contribution is -2.41. The van der Waals surface area contributed by atoms with E-state index >= 15 is 0 Å². The summed E-state index contributed by atoms with van der Waals surface area (Å²) in [4.78, 5) is 23.5. The summed E-state index contributed by atoms with van der Waals surface area (Å²) in [5, 5.41) is 11.8. The summed E-state index contributed by atoms with van der Waals surface area (Å²) in [7, 11) is 0. The number of amides is 1. The molecular formula is C21H21NO4. The number of benzene rings is 2. The van der Waals surface area contributed by atoms with Gasteiger partial charge in [-0.3, -0.25) is 0 Å². The van der Waals surface area contributed by atoms with Gasteiger partial charge in [0.2, 0.25) is 0 Å². The van der Waals surface area contributed by atoms with Crippen molar-refractivity contribution in [2.45, 2.75) is 31.2 Å². The third-order valence-corrected chi connectivity index (χ3v) is 5.20. The SMILES string of the molecule is O=C(N[C@H](CC1CC1)C(=O)O)OCC1c2ccccc2-c2ccccc21. The van der Waals surface area contributed by atoms with Crippen molar-refractivity contribution in [3.8, 4) is 11.1 Å². The van der Waals surface area contributed by atoms with Crippen molar-refractivity contribution in [3.05, 3.63) is 59.7 Å². The molecule has 0 radical (unpaired) electrons. The predicted molar refractivity (Wildman–Crippen MR) is 97.0 cm³/mol. The smallest absolute Gasteiger partial charge is 0.407 e. The van der Waals surface area contributed by atoms with Crippen molar-refractivity contribution in [1.82, 2.24) is 5.32 Å². The Morgan fingerprint density at radius 2 is 1.62 bits per heavy atom. The lowest BCUT2D eigenvalue weighted by atomic mass is 9.98. The number of carbonyl (C=O) groups excluding carboxylic acids is 1. The summed E-state index contributed by atoms with van der Waals surface area (Å²) >= 11 is 0. The monoisotopic (exact) mass is 351 g/mol. The molecule has 2 aromatic carbocycles. The van der Waals surface area contributed by atoms with Gasteiger partial charge in [0.15, 0.2) is 0 Å². The van der Waals surface area contributed by atoms with Crippen molar-refractivity contribution >= 4 is 12.1 Å². The van der Waals surface area contributed by atoms with Gasteiger partial charge in [-0.2, -0.15) is 0 Å². The first-order valence-electron chi connectivity index (χ1n) is 8.98. The zero-order chi connectivity index (χ0) is 18.1. The topological polar surface area (TPSA) is 75.6 Å². The first kappa shape index (κ1) is 16.6. The Morgan fingerprint density at radius 1 is 1.04 bits per heavy atom. The summed E-state index contributed by atoms with van der Waals surface area (Å²) in [5.41, 5.74) is 4.59. The first-order chi connectivity index (χ1) is 12.6. The van der Waals surface area contributed by atoms with Crippen LogP contribution in [0.1, 0.15) is 36.3 Å². The fourth-order valence-corrected chi connectivity index (χ4v) is 3.69. The number of hydrogen-bond donors (Lipinski definition) is 2. The molecule has 5 nitrogen and oxygen atoms in total. The first-order valence-corrected chi connectivity index (χ1v) is 8.98. The summed E-state index contributed by atoms with van der Waals surface area (Å²) < 4.78 is 5.41. The highest BCUT2D eigenvalue weighted by Crippen LogP contribution is 2.44.